The number of nitrogens with zero attached hydrogens (tertiary/aromatic N) is 1. The lowest BCUT2D eigenvalue weighted by Gasteiger charge is -2.09. The van der Waals surface area contributed by atoms with E-state index in [0.29, 0.717) is 24.3 Å². The van der Waals surface area contributed by atoms with Gasteiger partial charge < -0.3 is 20.9 Å². The van der Waals surface area contributed by atoms with E-state index in [9.17, 15) is 4.79 Å². The smallest absolute Gasteiger partial charge is 0.251 e. The molecule has 2 aromatic rings. The van der Waals surface area contributed by atoms with E-state index in [2.05, 4.69) is 15.8 Å². The molecule has 0 spiro atoms. The van der Waals surface area contributed by atoms with Crippen molar-refractivity contribution in [2.45, 2.75) is 13.5 Å². The fourth-order valence-corrected chi connectivity index (χ4v) is 1.64. The molecule has 0 unspecified atom stereocenters. The van der Waals surface area contributed by atoms with Gasteiger partial charge in [0.25, 0.3) is 5.91 Å². The van der Waals surface area contributed by atoms with E-state index in [4.69, 9.17) is 10.3 Å². The molecule has 0 aliphatic carbocycles. The predicted octanol–water partition coefficient (Wildman–Crippen LogP) is 1.62. The number of aromatic nitrogens is 1. The third-order valence-electron chi connectivity index (χ3n) is 2.60. The van der Waals surface area contributed by atoms with Gasteiger partial charge in [-0.2, -0.15) is 0 Å². The molecule has 1 amide bonds. The molecule has 0 saturated carbocycles. The van der Waals surface area contributed by atoms with Gasteiger partial charge in [-0.1, -0.05) is 5.16 Å². The highest BCUT2D eigenvalue weighted by Crippen LogP contribution is 2.20. The highest BCUT2D eigenvalue weighted by atomic mass is 16.5. The number of anilines is 2. The minimum absolute atomic E-state index is 0.128. The van der Waals surface area contributed by atoms with E-state index in [1.807, 2.05) is 6.92 Å². The van der Waals surface area contributed by atoms with E-state index < -0.39 is 0 Å². The maximum Gasteiger partial charge on any atom is 0.251 e. The second-order valence-corrected chi connectivity index (χ2v) is 4.01. The molecule has 1 heterocycles. The van der Waals surface area contributed by atoms with Crippen LogP contribution in [0.5, 0.6) is 0 Å². The first-order valence-electron chi connectivity index (χ1n) is 6.01. The first-order valence-corrected chi connectivity index (χ1v) is 6.01. The zero-order chi connectivity index (χ0) is 13.7. The summed E-state index contributed by atoms with van der Waals surface area (Å²) in [4.78, 5) is 11.6. The predicted molar refractivity (Wildman–Crippen MR) is 72.7 cm³/mol. The number of amides is 1. The summed E-state index contributed by atoms with van der Waals surface area (Å²) in [6.07, 6.45) is 1.51. The lowest BCUT2D eigenvalue weighted by Crippen LogP contribution is -2.22. The minimum atomic E-state index is -0.128. The fraction of sp³-hybridized carbons (Fsp3) is 0.231. The van der Waals surface area contributed by atoms with Gasteiger partial charge in [-0.3, -0.25) is 4.79 Å². The van der Waals surface area contributed by atoms with Crippen molar-refractivity contribution in [1.29, 1.82) is 0 Å². The largest absolute Gasteiger partial charge is 0.397 e. The molecule has 0 bridgehead atoms. The lowest BCUT2D eigenvalue weighted by atomic mass is 10.1. The number of carbonyl (C=O) groups excluding carboxylic acids is 1. The van der Waals surface area contributed by atoms with Crippen molar-refractivity contribution in [1.82, 2.24) is 10.5 Å². The third-order valence-corrected chi connectivity index (χ3v) is 2.60. The molecule has 1 aromatic carbocycles. The van der Waals surface area contributed by atoms with Crippen LogP contribution in [-0.2, 0) is 6.54 Å². The van der Waals surface area contributed by atoms with Gasteiger partial charge in [0.15, 0.2) is 0 Å². The molecule has 100 valence electrons. The standard InChI is InChI=1S/C13H16N4O2/c1-2-15-13(18)9-3-4-12(11(14)7-9)16-8-10-5-6-19-17-10/h3-7,16H,2,8,14H2,1H3,(H,15,18). The third kappa shape index (κ3) is 3.25. The van der Waals surface area contributed by atoms with E-state index >= 15 is 0 Å². The molecule has 1 aromatic heterocycles. The topological polar surface area (TPSA) is 93.2 Å². The number of hydrogen-bond acceptors (Lipinski definition) is 5. The second kappa shape index (κ2) is 5.90. The molecule has 6 heteroatoms. The zero-order valence-electron chi connectivity index (χ0n) is 10.6. The zero-order valence-corrected chi connectivity index (χ0v) is 10.6. The molecule has 19 heavy (non-hydrogen) atoms. The van der Waals surface area contributed by atoms with Crippen molar-refractivity contribution in [2.24, 2.45) is 0 Å². The average Bonchev–Trinajstić information content (AvgIpc) is 2.90. The van der Waals surface area contributed by atoms with Gasteiger partial charge in [0.2, 0.25) is 0 Å². The van der Waals surface area contributed by atoms with Crippen molar-refractivity contribution >= 4 is 17.3 Å². The molecule has 6 nitrogen and oxygen atoms in total. The van der Waals surface area contributed by atoms with Gasteiger partial charge in [0.1, 0.15) is 12.0 Å². The van der Waals surface area contributed by atoms with Crippen LogP contribution < -0.4 is 16.4 Å². The van der Waals surface area contributed by atoms with Gasteiger partial charge in [-0.05, 0) is 25.1 Å². The Bertz CT molecular complexity index is 552. The SMILES string of the molecule is CCNC(=O)c1ccc(NCc2ccon2)c(N)c1. The molecule has 0 saturated heterocycles. The summed E-state index contributed by atoms with van der Waals surface area (Å²) in [6.45, 7) is 2.97. The quantitative estimate of drug-likeness (QED) is 0.710. The Kier molecular flexibility index (Phi) is 4.02. The van der Waals surface area contributed by atoms with Crippen molar-refractivity contribution in [3.63, 3.8) is 0 Å². The minimum Gasteiger partial charge on any atom is -0.397 e. The summed E-state index contributed by atoms with van der Waals surface area (Å²) in [7, 11) is 0. The number of carbonyl (C=O) groups is 1. The van der Waals surface area contributed by atoms with E-state index in [0.717, 1.165) is 11.4 Å². The summed E-state index contributed by atoms with van der Waals surface area (Å²) in [6, 6.07) is 6.93. The Morgan fingerprint density at radius 1 is 1.42 bits per heavy atom. The maximum absolute atomic E-state index is 11.6. The summed E-state index contributed by atoms with van der Waals surface area (Å²) in [5.41, 5.74) is 8.52. The van der Waals surface area contributed by atoms with Crippen molar-refractivity contribution in [3.8, 4) is 0 Å². The summed E-state index contributed by atoms with van der Waals surface area (Å²) >= 11 is 0. The average molecular weight is 260 g/mol. The van der Waals surface area contributed by atoms with E-state index in [1.165, 1.54) is 6.26 Å². The Balaban J connectivity index is 2.04. The number of nitrogen functional groups attached to an aromatic ring is 1. The number of hydrogen-bond donors (Lipinski definition) is 3. The second-order valence-electron chi connectivity index (χ2n) is 4.01. The molecular weight excluding hydrogens is 244 g/mol. The van der Waals surface area contributed by atoms with Gasteiger partial charge in [-0.15, -0.1) is 0 Å². The number of benzene rings is 1. The van der Waals surface area contributed by atoms with Crippen LogP contribution in [0.15, 0.2) is 35.1 Å². The Morgan fingerprint density at radius 2 is 2.26 bits per heavy atom. The Hall–Kier alpha value is -2.50. The van der Waals surface area contributed by atoms with Gasteiger partial charge >= 0.3 is 0 Å². The molecule has 0 aliphatic rings. The van der Waals surface area contributed by atoms with Gasteiger partial charge in [-0.25, -0.2) is 0 Å². The van der Waals surface area contributed by atoms with Crippen LogP contribution in [0, 0.1) is 0 Å². The molecular formula is C13H16N4O2. The monoisotopic (exact) mass is 260 g/mol. The van der Waals surface area contributed by atoms with Crippen LogP contribution in [0.1, 0.15) is 23.0 Å². The number of rotatable bonds is 5. The Labute approximate surface area is 111 Å². The van der Waals surface area contributed by atoms with Crippen LogP contribution in [-0.4, -0.2) is 17.6 Å². The summed E-state index contributed by atoms with van der Waals surface area (Å²) < 4.78 is 4.74. The fourth-order valence-electron chi connectivity index (χ4n) is 1.64. The highest BCUT2D eigenvalue weighted by Gasteiger charge is 2.07. The van der Waals surface area contributed by atoms with E-state index in [1.54, 1.807) is 24.3 Å². The van der Waals surface area contributed by atoms with E-state index in [-0.39, 0.29) is 5.91 Å². The molecule has 2 rings (SSSR count). The molecule has 4 N–H and O–H groups in total. The molecule has 0 atom stereocenters. The number of nitrogens with one attached hydrogen (secondary N) is 2. The van der Waals surface area contributed by atoms with Crippen LogP contribution >= 0.6 is 0 Å². The lowest BCUT2D eigenvalue weighted by molar-refractivity contribution is 0.0956. The molecule has 0 aliphatic heterocycles. The Morgan fingerprint density at radius 3 is 2.89 bits per heavy atom. The van der Waals surface area contributed by atoms with Crippen molar-refractivity contribution in [3.05, 3.63) is 41.8 Å². The number of nitrogens with two attached hydrogens (primary N) is 1. The first-order chi connectivity index (χ1) is 9.20. The highest BCUT2D eigenvalue weighted by molar-refractivity contribution is 5.96. The van der Waals surface area contributed by atoms with Crippen LogP contribution in [0.4, 0.5) is 11.4 Å². The first kappa shape index (κ1) is 12.9. The maximum atomic E-state index is 11.6. The van der Waals surface area contributed by atoms with Gasteiger partial charge in [0.05, 0.1) is 17.9 Å². The van der Waals surface area contributed by atoms with Crippen LogP contribution in [0.3, 0.4) is 0 Å². The molecule has 0 fully saturated rings. The normalized spacial score (nSPS) is 10.2. The summed E-state index contributed by atoms with van der Waals surface area (Å²) in [5, 5.41) is 9.65. The van der Waals surface area contributed by atoms with Crippen molar-refractivity contribution < 1.29 is 9.32 Å². The van der Waals surface area contributed by atoms with Crippen molar-refractivity contribution in [2.75, 3.05) is 17.6 Å². The van der Waals surface area contributed by atoms with Crippen LogP contribution in [0.25, 0.3) is 0 Å². The van der Waals surface area contributed by atoms with Crippen LogP contribution in [0.2, 0.25) is 0 Å². The summed E-state index contributed by atoms with van der Waals surface area (Å²) in [5.74, 6) is -0.128. The molecule has 0 radical (unpaired) electrons. The van der Waals surface area contributed by atoms with Gasteiger partial charge in [0, 0.05) is 18.2 Å².